The summed E-state index contributed by atoms with van der Waals surface area (Å²) in [6, 6.07) is 11.4. The van der Waals surface area contributed by atoms with Crippen LogP contribution in [0.15, 0.2) is 42.6 Å². The van der Waals surface area contributed by atoms with Crippen molar-refractivity contribution in [3.8, 4) is 0 Å². The van der Waals surface area contributed by atoms with Gasteiger partial charge in [-0.1, -0.05) is 12.1 Å². The Kier molecular flexibility index (Phi) is 4.32. The Morgan fingerprint density at radius 1 is 1.20 bits per heavy atom. The zero-order valence-corrected chi connectivity index (χ0v) is 11.6. The number of hydrogen-bond acceptors (Lipinski definition) is 4. The van der Waals surface area contributed by atoms with Gasteiger partial charge in [-0.15, -0.1) is 0 Å². The van der Waals surface area contributed by atoms with Crippen molar-refractivity contribution in [2.75, 3.05) is 19.4 Å². The minimum atomic E-state index is -0.118. The summed E-state index contributed by atoms with van der Waals surface area (Å²) in [7, 11) is 3.41. The number of pyridine rings is 1. The van der Waals surface area contributed by atoms with Crippen molar-refractivity contribution in [3.63, 3.8) is 0 Å². The van der Waals surface area contributed by atoms with Gasteiger partial charge >= 0.3 is 0 Å². The Morgan fingerprint density at radius 3 is 2.50 bits per heavy atom. The van der Waals surface area contributed by atoms with Crippen molar-refractivity contribution in [3.05, 3.63) is 53.9 Å². The Hall–Kier alpha value is -2.40. The number of anilines is 2. The summed E-state index contributed by atoms with van der Waals surface area (Å²) in [4.78, 5) is 17.4. The van der Waals surface area contributed by atoms with Crippen LogP contribution in [0.25, 0.3) is 0 Å². The SMILES string of the molecule is CN(C)C(=O)c1cc(Nc2ccc(CN)cc2)ccn1. The predicted octanol–water partition coefficient (Wildman–Crippen LogP) is 1.99. The molecular weight excluding hydrogens is 252 g/mol. The van der Waals surface area contributed by atoms with Crippen molar-refractivity contribution in [1.82, 2.24) is 9.88 Å². The van der Waals surface area contributed by atoms with Gasteiger partial charge in [0.05, 0.1) is 0 Å². The molecule has 5 heteroatoms. The average molecular weight is 270 g/mol. The van der Waals surface area contributed by atoms with Gasteiger partial charge in [-0.3, -0.25) is 9.78 Å². The van der Waals surface area contributed by atoms with E-state index in [4.69, 9.17) is 5.73 Å². The lowest BCUT2D eigenvalue weighted by Crippen LogP contribution is -2.22. The molecule has 0 unspecified atom stereocenters. The quantitative estimate of drug-likeness (QED) is 0.891. The summed E-state index contributed by atoms with van der Waals surface area (Å²) in [6.07, 6.45) is 1.62. The molecule has 0 saturated heterocycles. The number of amides is 1. The van der Waals surface area contributed by atoms with E-state index < -0.39 is 0 Å². The number of nitrogens with two attached hydrogens (primary N) is 1. The first-order valence-corrected chi connectivity index (χ1v) is 6.34. The number of aromatic nitrogens is 1. The van der Waals surface area contributed by atoms with E-state index >= 15 is 0 Å². The molecule has 1 heterocycles. The van der Waals surface area contributed by atoms with Crippen LogP contribution < -0.4 is 11.1 Å². The van der Waals surface area contributed by atoms with Crippen molar-refractivity contribution < 1.29 is 4.79 Å². The van der Waals surface area contributed by atoms with Crippen LogP contribution in [0.5, 0.6) is 0 Å². The van der Waals surface area contributed by atoms with Gasteiger partial charge in [0, 0.05) is 38.2 Å². The molecule has 2 rings (SSSR count). The summed E-state index contributed by atoms with van der Waals surface area (Å²) < 4.78 is 0. The van der Waals surface area contributed by atoms with Gasteiger partial charge in [0.2, 0.25) is 0 Å². The molecule has 1 aromatic carbocycles. The molecule has 0 aliphatic rings. The van der Waals surface area contributed by atoms with Crippen molar-refractivity contribution >= 4 is 17.3 Å². The number of benzene rings is 1. The van der Waals surface area contributed by atoms with Crippen LogP contribution in [-0.4, -0.2) is 29.9 Å². The van der Waals surface area contributed by atoms with Crippen molar-refractivity contribution in [1.29, 1.82) is 0 Å². The molecule has 0 aliphatic carbocycles. The summed E-state index contributed by atoms with van der Waals surface area (Å²) in [5.41, 5.74) is 8.82. The second-order valence-corrected chi connectivity index (χ2v) is 4.66. The fourth-order valence-electron chi connectivity index (χ4n) is 1.75. The Labute approximate surface area is 118 Å². The number of carbonyl (C=O) groups is 1. The lowest BCUT2D eigenvalue weighted by Gasteiger charge is -2.11. The lowest BCUT2D eigenvalue weighted by atomic mass is 10.2. The zero-order chi connectivity index (χ0) is 14.5. The van der Waals surface area contributed by atoms with Crippen LogP contribution in [0.2, 0.25) is 0 Å². The molecule has 20 heavy (non-hydrogen) atoms. The molecule has 0 bridgehead atoms. The highest BCUT2D eigenvalue weighted by Crippen LogP contribution is 2.17. The number of hydrogen-bond donors (Lipinski definition) is 2. The molecule has 1 amide bonds. The fraction of sp³-hybridized carbons (Fsp3) is 0.200. The van der Waals surface area contributed by atoms with E-state index in [9.17, 15) is 4.79 Å². The predicted molar refractivity (Wildman–Crippen MR) is 79.9 cm³/mol. The van der Waals surface area contributed by atoms with Crippen LogP contribution in [-0.2, 0) is 6.54 Å². The van der Waals surface area contributed by atoms with E-state index in [0.717, 1.165) is 16.9 Å². The zero-order valence-electron chi connectivity index (χ0n) is 11.6. The maximum Gasteiger partial charge on any atom is 0.272 e. The van der Waals surface area contributed by atoms with E-state index in [2.05, 4.69) is 10.3 Å². The minimum absolute atomic E-state index is 0.118. The summed E-state index contributed by atoms with van der Waals surface area (Å²) >= 11 is 0. The Bertz CT molecular complexity index is 593. The van der Waals surface area contributed by atoms with E-state index in [0.29, 0.717) is 12.2 Å². The monoisotopic (exact) mass is 270 g/mol. The molecule has 0 saturated carbocycles. The summed E-state index contributed by atoms with van der Waals surface area (Å²) in [5.74, 6) is -0.118. The Balaban J connectivity index is 2.16. The maximum atomic E-state index is 11.9. The molecule has 0 spiro atoms. The average Bonchev–Trinajstić information content (AvgIpc) is 2.47. The molecule has 3 N–H and O–H groups in total. The second-order valence-electron chi connectivity index (χ2n) is 4.66. The molecule has 5 nitrogen and oxygen atoms in total. The van der Waals surface area contributed by atoms with E-state index in [1.807, 2.05) is 30.3 Å². The minimum Gasteiger partial charge on any atom is -0.355 e. The fourth-order valence-corrected chi connectivity index (χ4v) is 1.75. The van der Waals surface area contributed by atoms with Crippen LogP contribution in [0, 0.1) is 0 Å². The van der Waals surface area contributed by atoms with E-state index in [-0.39, 0.29) is 5.91 Å². The summed E-state index contributed by atoms with van der Waals surface area (Å²) in [5, 5.41) is 3.24. The number of carbonyl (C=O) groups excluding carboxylic acids is 1. The maximum absolute atomic E-state index is 11.9. The van der Waals surface area contributed by atoms with E-state index in [1.165, 1.54) is 4.90 Å². The molecule has 104 valence electrons. The topological polar surface area (TPSA) is 71.2 Å². The van der Waals surface area contributed by atoms with Crippen molar-refractivity contribution in [2.24, 2.45) is 5.73 Å². The van der Waals surface area contributed by atoms with Gasteiger partial charge in [0.15, 0.2) is 0 Å². The van der Waals surface area contributed by atoms with E-state index in [1.54, 1.807) is 26.4 Å². The smallest absolute Gasteiger partial charge is 0.272 e. The molecule has 0 aliphatic heterocycles. The number of nitrogens with zero attached hydrogens (tertiary/aromatic N) is 2. The van der Waals surface area contributed by atoms with Crippen LogP contribution >= 0.6 is 0 Å². The normalized spacial score (nSPS) is 10.2. The molecule has 1 aromatic heterocycles. The standard InChI is InChI=1S/C15H18N4O/c1-19(2)15(20)14-9-13(7-8-17-14)18-12-5-3-11(10-16)4-6-12/h3-9H,10,16H2,1-2H3,(H,17,18). The molecule has 0 atom stereocenters. The lowest BCUT2D eigenvalue weighted by molar-refractivity contribution is 0.0822. The summed E-state index contributed by atoms with van der Waals surface area (Å²) in [6.45, 7) is 0.525. The second kappa shape index (κ2) is 6.16. The van der Waals surface area contributed by atoms with Gasteiger partial charge in [-0.25, -0.2) is 0 Å². The highest BCUT2D eigenvalue weighted by molar-refractivity contribution is 5.92. The highest BCUT2D eigenvalue weighted by Gasteiger charge is 2.09. The highest BCUT2D eigenvalue weighted by atomic mass is 16.2. The molecule has 2 aromatic rings. The van der Waals surface area contributed by atoms with Crippen LogP contribution in [0.3, 0.4) is 0 Å². The van der Waals surface area contributed by atoms with Gasteiger partial charge in [-0.2, -0.15) is 0 Å². The first kappa shape index (κ1) is 14.0. The number of nitrogens with one attached hydrogen (secondary N) is 1. The Morgan fingerprint density at radius 2 is 1.90 bits per heavy atom. The molecule has 0 radical (unpaired) electrons. The van der Waals surface area contributed by atoms with Gasteiger partial charge in [0.1, 0.15) is 5.69 Å². The third kappa shape index (κ3) is 3.33. The van der Waals surface area contributed by atoms with Crippen LogP contribution in [0.4, 0.5) is 11.4 Å². The first-order valence-electron chi connectivity index (χ1n) is 6.34. The van der Waals surface area contributed by atoms with Crippen LogP contribution in [0.1, 0.15) is 16.1 Å². The van der Waals surface area contributed by atoms with Gasteiger partial charge in [0.25, 0.3) is 5.91 Å². The van der Waals surface area contributed by atoms with Gasteiger partial charge in [-0.05, 0) is 29.8 Å². The molecular formula is C15H18N4O. The molecule has 0 fully saturated rings. The van der Waals surface area contributed by atoms with Crippen molar-refractivity contribution in [2.45, 2.75) is 6.54 Å². The third-order valence-corrected chi connectivity index (χ3v) is 2.86. The number of rotatable bonds is 4. The largest absolute Gasteiger partial charge is 0.355 e. The van der Waals surface area contributed by atoms with Gasteiger partial charge < -0.3 is 16.0 Å². The first-order chi connectivity index (χ1) is 9.60. The third-order valence-electron chi connectivity index (χ3n) is 2.86.